The fourth-order valence-electron chi connectivity index (χ4n) is 3.42. The van der Waals surface area contributed by atoms with Crippen molar-refractivity contribution in [1.29, 1.82) is 0 Å². The Morgan fingerprint density at radius 1 is 1.09 bits per heavy atom. The zero-order valence-corrected chi connectivity index (χ0v) is 18.1. The van der Waals surface area contributed by atoms with Crippen LogP contribution in [0.4, 0.5) is 18.9 Å². The molecule has 0 spiro atoms. The predicted molar refractivity (Wildman–Crippen MR) is 119 cm³/mol. The van der Waals surface area contributed by atoms with Gasteiger partial charge in [-0.25, -0.2) is 9.67 Å². The van der Waals surface area contributed by atoms with Gasteiger partial charge in [0.05, 0.1) is 16.8 Å². The largest absolute Gasteiger partial charge is 0.433 e. The van der Waals surface area contributed by atoms with Crippen LogP contribution in [-0.2, 0) is 11.8 Å². The number of alkyl halides is 3. The number of pyridine rings is 1. The van der Waals surface area contributed by atoms with Crippen LogP contribution in [0.1, 0.15) is 46.0 Å². The van der Waals surface area contributed by atoms with E-state index in [-0.39, 0.29) is 5.69 Å². The minimum atomic E-state index is -4.69. The van der Waals surface area contributed by atoms with Gasteiger partial charge in [0.1, 0.15) is 17.7 Å². The minimum absolute atomic E-state index is 0.208. The van der Waals surface area contributed by atoms with E-state index < -0.39 is 29.1 Å². The molecule has 10 heteroatoms. The number of aldehydes is 1. The number of carbonyl (C=O) groups is 2. The SMILES string of the molecule is CC(C)(O)c1cc2nn(-c3ccc(C=O)cc3)cc2cc1NC(=O)c1cccc(C(F)(F)F)n1. The molecule has 34 heavy (non-hydrogen) atoms. The van der Waals surface area contributed by atoms with Crippen LogP contribution in [0.15, 0.2) is 60.8 Å². The summed E-state index contributed by atoms with van der Waals surface area (Å²) < 4.78 is 40.5. The molecular formula is C24H19F3N4O3. The van der Waals surface area contributed by atoms with Crippen molar-refractivity contribution in [2.75, 3.05) is 5.32 Å². The molecule has 0 fully saturated rings. The third kappa shape index (κ3) is 4.67. The minimum Gasteiger partial charge on any atom is -0.386 e. The Balaban J connectivity index is 1.74. The van der Waals surface area contributed by atoms with Crippen molar-refractivity contribution < 1.29 is 27.9 Å². The van der Waals surface area contributed by atoms with Gasteiger partial charge in [-0.3, -0.25) is 9.59 Å². The normalized spacial score (nSPS) is 12.1. The molecule has 0 aliphatic heterocycles. The maximum atomic E-state index is 13.0. The van der Waals surface area contributed by atoms with Gasteiger partial charge < -0.3 is 10.4 Å². The van der Waals surface area contributed by atoms with Crippen molar-refractivity contribution in [3.05, 3.63) is 83.3 Å². The van der Waals surface area contributed by atoms with Crippen molar-refractivity contribution in [3.63, 3.8) is 0 Å². The zero-order chi connectivity index (χ0) is 24.7. The number of nitrogens with zero attached hydrogens (tertiary/aromatic N) is 3. The van der Waals surface area contributed by atoms with Gasteiger partial charge in [0.15, 0.2) is 0 Å². The second-order valence-electron chi connectivity index (χ2n) is 8.16. The van der Waals surface area contributed by atoms with Crippen LogP contribution in [0.3, 0.4) is 0 Å². The molecule has 2 aromatic heterocycles. The highest BCUT2D eigenvalue weighted by Crippen LogP contribution is 2.33. The van der Waals surface area contributed by atoms with Crippen LogP contribution in [-0.4, -0.2) is 32.1 Å². The monoisotopic (exact) mass is 468 g/mol. The van der Waals surface area contributed by atoms with Crippen molar-refractivity contribution in [1.82, 2.24) is 14.8 Å². The molecule has 0 aliphatic carbocycles. The van der Waals surface area contributed by atoms with E-state index in [1.54, 1.807) is 47.3 Å². The summed E-state index contributed by atoms with van der Waals surface area (Å²) in [6.45, 7) is 3.03. The van der Waals surface area contributed by atoms with Gasteiger partial charge in [0.2, 0.25) is 0 Å². The number of aliphatic hydroxyl groups is 1. The van der Waals surface area contributed by atoms with Crippen LogP contribution in [0.5, 0.6) is 0 Å². The third-order valence-corrected chi connectivity index (χ3v) is 5.12. The average Bonchev–Trinajstić information content (AvgIpc) is 3.20. The molecule has 4 aromatic rings. The molecule has 0 saturated heterocycles. The number of halogens is 3. The highest BCUT2D eigenvalue weighted by Gasteiger charge is 2.33. The average molecular weight is 468 g/mol. The van der Waals surface area contributed by atoms with E-state index in [9.17, 15) is 27.9 Å². The topological polar surface area (TPSA) is 97.1 Å². The number of fused-ring (bicyclic) bond motifs is 1. The molecule has 4 rings (SSSR count). The summed E-state index contributed by atoms with van der Waals surface area (Å²) in [5.41, 5.74) is -0.743. The Morgan fingerprint density at radius 3 is 2.41 bits per heavy atom. The van der Waals surface area contributed by atoms with Crippen molar-refractivity contribution >= 4 is 28.8 Å². The van der Waals surface area contributed by atoms with Gasteiger partial charge in [0.25, 0.3) is 5.91 Å². The Hall–Kier alpha value is -4.05. The molecule has 2 heterocycles. The lowest BCUT2D eigenvalue weighted by atomic mass is 9.95. The van der Waals surface area contributed by atoms with Crippen molar-refractivity contribution in [2.45, 2.75) is 25.6 Å². The van der Waals surface area contributed by atoms with E-state index >= 15 is 0 Å². The first-order valence-electron chi connectivity index (χ1n) is 10.1. The van der Waals surface area contributed by atoms with Crippen LogP contribution < -0.4 is 5.32 Å². The molecule has 1 amide bonds. The second kappa shape index (κ2) is 8.38. The maximum absolute atomic E-state index is 13.0. The molecule has 0 saturated carbocycles. The highest BCUT2D eigenvalue weighted by atomic mass is 19.4. The van der Waals surface area contributed by atoms with Gasteiger partial charge in [-0.05, 0) is 62.4 Å². The lowest BCUT2D eigenvalue weighted by molar-refractivity contribution is -0.141. The first kappa shape index (κ1) is 23.1. The van der Waals surface area contributed by atoms with E-state index in [1.807, 2.05) is 0 Å². The van der Waals surface area contributed by atoms with E-state index in [4.69, 9.17) is 0 Å². The number of hydrogen-bond donors (Lipinski definition) is 2. The predicted octanol–water partition coefficient (Wildman–Crippen LogP) is 4.73. The number of aromatic nitrogens is 3. The summed E-state index contributed by atoms with van der Waals surface area (Å²) in [5.74, 6) is -0.854. The van der Waals surface area contributed by atoms with Crippen LogP contribution in [0.25, 0.3) is 16.6 Å². The lowest BCUT2D eigenvalue weighted by Gasteiger charge is -2.22. The molecule has 0 radical (unpaired) electrons. The van der Waals surface area contributed by atoms with Gasteiger partial charge in [0, 0.05) is 28.4 Å². The molecule has 0 aliphatic rings. The number of anilines is 1. The Labute approximate surface area is 191 Å². The zero-order valence-electron chi connectivity index (χ0n) is 18.1. The first-order valence-corrected chi connectivity index (χ1v) is 10.1. The smallest absolute Gasteiger partial charge is 0.386 e. The van der Waals surface area contributed by atoms with Gasteiger partial charge in [-0.2, -0.15) is 18.3 Å². The van der Waals surface area contributed by atoms with Crippen LogP contribution >= 0.6 is 0 Å². The van der Waals surface area contributed by atoms with Gasteiger partial charge >= 0.3 is 6.18 Å². The number of rotatable bonds is 5. The summed E-state index contributed by atoms with van der Waals surface area (Å²) in [6, 6.07) is 13.0. The summed E-state index contributed by atoms with van der Waals surface area (Å²) in [4.78, 5) is 27.0. The molecule has 0 atom stereocenters. The quantitative estimate of drug-likeness (QED) is 0.413. The number of nitrogens with one attached hydrogen (secondary N) is 1. The van der Waals surface area contributed by atoms with Crippen molar-refractivity contribution in [2.24, 2.45) is 0 Å². The third-order valence-electron chi connectivity index (χ3n) is 5.12. The summed E-state index contributed by atoms with van der Waals surface area (Å²) in [7, 11) is 0. The molecular weight excluding hydrogens is 449 g/mol. The Morgan fingerprint density at radius 2 is 1.79 bits per heavy atom. The van der Waals surface area contributed by atoms with Gasteiger partial charge in [-0.15, -0.1) is 0 Å². The van der Waals surface area contributed by atoms with Crippen LogP contribution in [0, 0.1) is 0 Å². The Kier molecular flexibility index (Phi) is 5.70. The Bertz CT molecular complexity index is 1390. The fraction of sp³-hybridized carbons (Fsp3) is 0.167. The molecule has 0 unspecified atom stereocenters. The van der Waals surface area contributed by atoms with E-state index in [0.717, 1.165) is 18.4 Å². The van der Waals surface area contributed by atoms with E-state index in [0.29, 0.717) is 27.7 Å². The van der Waals surface area contributed by atoms with Gasteiger partial charge in [-0.1, -0.05) is 6.07 Å². The molecule has 0 bridgehead atoms. The first-order chi connectivity index (χ1) is 16.0. The van der Waals surface area contributed by atoms with E-state index in [2.05, 4.69) is 15.4 Å². The lowest BCUT2D eigenvalue weighted by Crippen LogP contribution is -2.22. The summed E-state index contributed by atoms with van der Waals surface area (Å²) >= 11 is 0. The highest BCUT2D eigenvalue weighted by molar-refractivity contribution is 6.04. The fourth-order valence-corrected chi connectivity index (χ4v) is 3.42. The number of benzene rings is 2. The molecule has 174 valence electrons. The summed E-state index contributed by atoms with van der Waals surface area (Å²) in [5, 5.41) is 18.3. The molecule has 7 nitrogen and oxygen atoms in total. The van der Waals surface area contributed by atoms with E-state index in [1.165, 1.54) is 19.9 Å². The summed E-state index contributed by atoms with van der Waals surface area (Å²) in [6.07, 6.45) is -2.27. The number of hydrogen-bond acceptors (Lipinski definition) is 5. The van der Waals surface area contributed by atoms with Crippen molar-refractivity contribution in [3.8, 4) is 5.69 Å². The molecule has 2 N–H and O–H groups in total. The number of carbonyl (C=O) groups excluding carboxylic acids is 2. The second-order valence-corrected chi connectivity index (χ2v) is 8.16. The standard InChI is InChI=1S/C24H19F3N4O3/c1-23(2,34)17-11-19-15(12-31(30-19)16-8-6-14(13-32)7-9-16)10-20(17)29-22(33)18-4-3-5-21(28-18)24(25,26)27/h3-13,34H,1-2H3,(H,29,33). The number of amides is 1. The maximum Gasteiger partial charge on any atom is 0.433 e. The van der Waals surface area contributed by atoms with Crippen LogP contribution in [0.2, 0.25) is 0 Å². The molecule has 2 aromatic carbocycles.